The van der Waals surface area contributed by atoms with Crippen LogP contribution in [0.4, 0.5) is 0 Å². The second-order valence-corrected chi connectivity index (χ2v) is 4.73. The summed E-state index contributed by atoms with van der Waals surface area (Å²) < 4.78 is 0. The number of aromatic nitrogens is 2. The molecule has 5 nitrogen and oxygen atoms in total. The largest absolute Gasteiger partial charge is 0.338 e. The summed E-state index contributed by atoms with van der Waals surface area (Å²) >= 11 is 5.86. The van der Waals surface area contributed by atoms with E-state index in [0.29, 0.717) is 10.6 Å². The highest BCUT2D eigenvalue weighted by Crippen LogP contribution is 2.22. The first kappa shape index (κ1) is 12.7. The van der Waals surface area contributed by atoms with Crippen molar-refractivity contribution < 1.29 is 4.79 Å². The maximum Gasteiger partial charge on any atom is 0.265 e. The number of H-pyrrole nitrogens is 1. The van der Waals surface area contributed by atoms with Crippen LogP contribution in [-0.4, -0.2) is 15.9 Å². The molecule has 0 aliphatic rings. The van der Waals surface area contributed by atoms with Crippen molar-refractivity contribution in [3.8, 4) is 11.4 Å². The molecule has 0 aliphatic carbocycles. The van der Waals surface area contributed by atoms with Crippen molar-refractivity contribution in [1.29, 1.82) is 0 Å². The van der Waals surface area contributed by atoms with E-state index in [2.05, 4.69) is 15.4 Å². The third-order valence-electron chi connectivity index (χ3n) is 2.99. The molecule has 20 heavy (non-hydrogen) atoms. The lowest BCUT2D eigenvalue weighted by molar-refractivity contribution is 0.0954. The summed E-state index contributed by atoms with van der Waals surface area (Å²) in [6.45, 7) is 0. The van der Waals surface area contributed by atoms with Crippen LogP contribution in [-0.2, 0) is 0 Å². The number of aromatic amines is 1. The number of benzene rings is 2. The molecule has 0 radical (unpaired) electrons. The topological polar surface area (TPSA) is 83.8 Å². The summed E-state index contributed by atoms with van der Waals surface area (Å²) in [6, 6.07) is 12.5. The highest BCUT2D eigenvalue weighted by atomic mass is 35.5. The molecule has 1 aromatic heterocycles. The Morgan fingerprint density at radius 1 is 1.20 bits per heavy atom. The molecule has 0 saturated heterocycles. The van der Waals surface area contributed by atoms with Gasteiger partial charge in [-0.15, -0.1) is 0 Å². The molecule has 0 aliphatic heterocycles. The van der Waals surface area contributed by atoms with Gasteiger partial charge < -0.3 is 4.98 Å². The smallest absolute Gasteiger partial charge is 0.265 e. The van der Waals surface area contributed by atoms with Crippen LogP contribution < -0.4 is 11.3 Å². The zero-order chi connectivity index (χ0) is 14.1. The highest BCUT2D eigenvalue weighted by Gasteiger charge is 2.09. The molecule has 0 spiro atoms. The second kappa shape index (κ2) is 4.96. The number of nitrogens with two attached hydrogens (primary N) is 1. The van der Waals surface area contributed by atoms with Crippen molar-refractivity contribution in [2.24, 2.45) is 5.84 Å². The second-order valence-electron chi connectivity index (χ2n) is 4.30. The molecule has 3 rings (SSSR count). The molecule has 6 heteroatoms. The quantitative estimate of drug-likeness (QED) is 0.384. The van der Waals surface area contributed by atoms with Gasteiger partial charge in [0.05, 0.1) is 11.0 Å². The number of rotatable bonds is 2. The Kier molecular flexibility index (Phi) is 3.14. The van der Waals surface area contributed by atoms with Crippen molar-refractivity contribution in [1.82, 2.24) is 15.4 Å². The average molecular weight is 287 g/mol. The molecule has 0 atom stereocenters. The number of hydrogen-bond donors (Lipinski definition) is 3. The summed E-state index contributed by atoms with van der Waals surface area (Å²) in [5.41, 5.74) is 5.06. The van der Waals surface area contributed by atoms with Gasteiger partial charge >= 0.3 is 0 Å². The van der Waals surface area contributed by atoms with Gasteiger partial charge in [-0.1, -0.05) is 11.6 Å². The van der Waals surface area contributed by atoms with Crippen LogP contribution in [0.1, 0.15) is 10.4 Å². The minimum Gasteiger partial charge on any atom is -0.338 e. The molecule has 0 saturated carbocycles. The van der Waals surface area contributed by atoms with Gasteiger partial charge in [0.1, 0.15) is 5.82 Å². The number of amides is 1. The number of imidazole rings is 1. The van der Waals surface area contributed by atoms with Crippen molar-refractivity contribution >= 4 is 28.5 Å². The van der Waals surface area contributed by atoms with Crippen LogP contribution in [0.2, 0.25) is 5.02 Å². The van der Waals surface area contributed by atoms with E-state index in [0.717, 1.165) is 22.4 Å². The van der Waals surface area contributed by atoms with Crippen LogP contribution in [0.3, 0.4) is 0 Å². The maximum atomic E-state index is 11.5. The Bertz CT molecular complexity index is 779. The zero-order valence-electron chi connectivity index (χ0n) is 10.4. The Hall–Kier alpha value is -2.37. The average Bonchev–Trinajstić information content (AvgIpc) is 2.90. The number of nitrogens with zero attached hydrogens (tertiary/aromatic N) is 1. The van der Waals surface area contributed by atoms with Crippen LogP contribution >= 0.6 is 11.6 Å². The summed E-state index contributed by atoms with van der Waals surface area (Å²) in [7, 11) is 0. The highest BCUT2D eigenvalue weighted by molar-refractivity contribution is 6.30. The number of carbonyl (C=O) groups is 1. The first-order valence-corrected chi connectivity index (χ1v) is 6.32. The minimum atomic E-state index is -0.338. The number of carbonyl (C=O) groups excluding carboxylic acids is 1. The van der Waals surface area contributed by atoms with Crippen molar-refractivity contribution in [2.75, 3.05) is 0 Å². The molecule has 3 aromatic rings. The van der Waals surface area contributed by atoms with Crippen LogP contribution in [0.15, 0.2) is 42.5 Å². The Morgan fingerprint density at radius 3 is 2.65 bits per heavy atom. The standard InChI is InChI=1S/C14H11ClN4O/c15-10-4-1-8(2-5-10)13-17-11-6-3-9(14(20)19-16)7-12(11)18-13/h1-7H,16H2,(H,17,18)(H,19,20). The number of hydrazine groups is 1. The van der Waals surface area contributed by atoms with E-state index in [1.807, 2.05) is 12.1 Å². The predicted octanol–water partition coefficient (Wildman–Crippen LogP) is 2.49. The normalized spacial score (nSPS) is 10.7. The van der Waals surface area contributed by atoms with E-state index in [-0.39, 0.29) is 5.91 Å². The minimum absolute atomic E-state index is 0.338. The first-order chi connectivity index (χ1) is 9.67. The van der Waals surface area contributed by atoms with Crippen LogP contribution in [0, 0.1) is 0 Å². The monoisotopic (exact) mass is 286 g/mol. The van der Waals surface area contributed by atoms with Crippen LogP contribution in [0.5, 0.6) is 0 Å². The third-order valence-corrected chi connectivity index (χ3v) is 3.24. The van der Waals surface area contributed by atoms with Gasteiger partial charge in [0, 0.05) is 16.1 Å². The maximum absolute atomic E-state index is 11.5. The van der Waals surface area contributed by atoms with Crippen LogP contribution in [0.25, 0.3) is 22.4 Å². The van der Waals surface area contributed by atoms with Gasteiger partial charge in [-0.2, -0.15) is 0 Å². The van der Waals surface area contributed by atoms with E-state index in [1.165, 1.54) is 0 Å². The van der Waals surface area contributed by atoms with E-state index in [4.69, 9.17) is 17.4 Å². The van der Waals surface area contributed by atoms with E-state index in [1.54, 1.807) is 30.3 Å². The van der Waals surface area contributed by atoms with Gasteiger partial charge in [-0.25, -0.2) is 10.8 Å². The van der Waals surface area contributed by atoms with Gasteiger partial charge in [0.2, 0.25) is 0 Å². The van der Waals surface area contributed by atoms with Gasteiger partial charge in [0.15, 0.2) is 0 Å². The Labute approximate surface area is 119 Å². The molecule has 100 valence electrons. The summed E-state index contributed by atoms with van der Waals surface area (Å²) in [5, 5.41) is 0.673. The lowest BCUT2D eigenvalue weighted by atomic mass is 10.2. The predicted molar refractivity (Wildman–Crippen MR) is 78.2 cm³/mol. The van der Waals surface area contributed by atoms with Gasteiger partial charge in [-0.3, -0.25) is 10.2 Å². The summed E-state index contributed by atoms with van der Waals surface area (Å²) in [5.74, 6) is 5.51. The molecule has 0 bridgehead atoms. The van der Waals surface area contributed by atoms with Crippen molar-refractivity contribution in [3.63, 3.8) is 0 Å². The molecule has 1 heterocycles. The lowest BCUT2D eigenvalue weighted by Gasteiger charge is -1.98. The van der Waals surface area contributed by atoms with E-state index < -0.39 is 0 Å². The van der Waals surface area contributed by atoms with E-state index >= 15 is 0 Å². The van der Waals surface area contributed by atoms with Crippen molar-refractivity contribution in [2.45, 2.75) is 0 Å². The summed E-state index contributed by atoms with van der Waals surface area (Å²) in [6.07, 6.45) is 0. The number of hydrogen-bond acceptors (Lipinski definition) is 3. The Morgan fingerprint density at radius 2 is 1.95 bits per heavy atom. The molecule has 1 amide bonds. The first-order valence-electron chi connectivity index (χ1n) is 5.94. The molecule has 0 fully saturated rings. The fourth-order valence-corrected chi connectivity index (χ4v) is 2.10. The number of nitrogens with one attached hydrogen (secondary N) is 2. The molecule has 2 aromatic carbocycles. The van der Waals surface area contributed by atoms with Crippen molar-refractivity contribution in [3.05, 3.63) is 53.1 Å². The SMILES string of the molecule is NNC(=O)c1ccc2nc(-c3ccc(Cl)cc3)[nH]c2c1. The van der Waals surface area contributed by atoms with E-state index in [9.17, 15) is 4.79 Å². The molecule has 4 N–H and O–H groups in total. The lowest BCUT2D eigenvalue weighted by Crippen LogP contribution is -2.29. The van der Waals surface area contributed by atoms with Gasteiger partial charge in [0.25, 0.3) is 5.91 Å². The number of fused-ring (bicyclic) bond motifs is 1. The summed E-state index contributed by atoms with van der Waals surface area (Å²) in [4.78, 5) is 19.1. The molecular formula is C14H11ClN4O. The zero-order valence-corrected chi connectivity index (χ0v) is 11.1. The number of nitrogen functional groups attached to an aromatic ring is 1. The number of halogens is 1. The molecule has 0 unspecified atom stereocenters. The fourth-order valence-electron chi connectivity index (χ4n) is 1.98. The molecular weight excluding hydrogens is 276 g/mol. The fraction of sp³-hybridized carbons (Fsp3) is 0. The third kappa shape index (κ3) is 2.24. The Balaban J connectivity index is 2.06. The van der Waals surface area contributed by atoms with Gasteiger partial charge in [-0.05, 0) is 42.5 Å².